The maximum Gasteiger partial charge on any atom is 0.323 e. The Morgan fingerprint density at radius 3 is 0.956 bits per heavy atom. The number of esters is 2. The second kappa shape index (κ2) is 37.7. The van der Waals surface area contributed by atoms with Crippen LogP contribution < -0.4 is 0 Å². The van der Waals surface area contributed by atoms with Crippen molar-refractivity contribution in [3.8, 4) is 0 Å². The van der Waals surface area contributed by atoms with E-state index in [9.17, 15) is 40.0 Å². The first-order valence-electron chi connectivity index (χ1n) is 34.5. The number of methoxy groups -OCH3 is 1. The standard InChI is InChI=1S/C44H82N2O9.C13H25NO4.C13H27NO3/c1-12-14-22-43(11,34-47)23-18-16-17-19-25-44(24-15-13-2,37(48)54-28-20-26-52-35-30-39(3,4)45(50)40(5,6)31-35)38(49)55-29-21-27-53-36-32-41(7,8)46(51)42(9,10)33-36;1-12(2)8-11(9-13(3,4)14(12)16)18-7-5-6-17-10-15;1-12(2)9-11(17-8-6-7-16-5)10-13(3,4)14(12)15/h34-36,50-51H,12-33H2,1-11H3;10-11,16H,5-9H2,1-4H3;11,15H,6-10H2,1-5H3. The second-order valence-electron chi connectivity index (χ2n) is 32.0. The number of ether oxygens (including phenoxy) is 8. The number of carbonyl (C=O) groups is 4. The van der Waals surface area contributed by atoms with Crippen LogP contribution in [0.25, 0.3) is 0 Å². The van der Waals surface area contributed by atoms with Crippen LogP contribution in [0.3, 0.4) is 0 Å². The summed E-state index contributed by atoms with van der Waals surface area (Å²) in [6, 6.07) is 0. The van der Waals surface area contributed by atoms with E-state index in [0.717, 1.165) is 103 Å². The number of carbonyl (C=O) groups excluding carboxylic acids is 4. The Labute approximate surface area is 545 Å². The Balaban J connectivity index is 0.000000632. The normalized spacial score (nSPS) is 22.7. The van der Waals surface area contributed by atoms with Gasteiger partial charge in [0.05, 0.1) is 64.1 Å². The van der Waals surface area contributed by atoms with E-state index >= 15 is 0 Å². The highest BCUT2D eigenvalue weighted by Gasteiger charge is 2.50. The number of aldehydes is 1. The molecule has 20 heteroatoms. The molecular weight excluding hydrogens is 1150 g/mol. The van der Waals surface area contributed by atoms with Gasteiger partial charge in [0.1, 0.15) is 6.29 Å². The molecule has 0 aromatic heterocycles. The van der Waals surface area contributed by atoms with Gasteiger partial charge >= 0.3 is 11.9 Å². The van der Waals surface area contributed by atoms with Gasteiger partial charge in [0.2, 0.25) is 0 Å². The lowest BCUT2D eigenvalue weighted by Gasteiger charge is -2.51. The van der Waals surface area contributed by atoms with E-state index < -0.39 is 39.5 Å². The van der Waals surface area contributed by atoms with Gasteiger partial charge in [-0.3, -0.25) is 14.4 Å². The minimum atomic E-state index is -1.39. The highest BCUT2D eigenvalue weighted by Crippen LogP contribution is 2.42. The lowest BCUT2D eigenvalue weighted by atomic mass is 9.77. The Hall–Kier alpha value is -2.44. The summed E-state index contributed by atoms with van der Waals surface area (Å²) >= 11 is 0. The van der Waals surface area contributed by atoms with Crippen LogP contribution in [0.15, 0.2) is 0 Å². The van der Waals surface area contributed by atoms with E-state index in [2.05, 4.69) is 39.4 Å². The molecule has 4 rings (SSSR count). The fourth-order valence-corrected chi connectivity index (χ4v) is 14.5. The van der Waals surface area contributed by atoms with Crippen molar-refractivity contribution in [2.45, 2.75) is 354 Å². The van der Waals surface area contributed by atoms with Gasteiger partial charge in [-0.05, 0) is 194 Å². The van der Waals surface area contributed by atoms with Crippen molar-refractivity contribution in [2.75, 3.05) is 60.0 Å². The average Bonchev–Trinajstić information content (AvgIpc) is 1.97. The fraction of sp³-hybridized carbons (Fsp3) is 0.943. The number of piperidine rings is 4. The van der Waals surface area contributed by atoms with Crippen LogP contribution in [0.2, 0.25) is 0 Å². The molecule has 0 aliphatic carbocycles. The highest BCUT2D eigenvalue weighted by atomic mass is 16.6. The average molecular weight is 1290 g/mol. The largest absolute Gasteiger partial charge is 0.468 e. The molecule has 20 nitrogen and oxygen atoms in total. The number of nitrogens with zero attached hydrogens (tertiary/aromatic N) is 4. The Bertz CT molecular complexity index is 1930. The van der Waals surface area contributed by atoms with E-state index in [4.69, 9.17) is 33.2 Å². The number of hydrogen-bond donors (Lipinski definition) is 4. The quantitative estimate of drug-likeness (QED) is 0.0149. The van der Waals surface area contributed by atoms with Crippen LogP contribution in [-0.4, -0.2) is 194 Å². The SMILES string of the molecule is CC1(C)CC(OCCCOC=O)CC(C)(C)N1O.CCCCC(C)(C=O)CCCCCCC(CCCC)(C(=O)OCCCOC1CC(C)(C)N(O)C(C)(C)C1)C(=O)OCCCOC1CC(C)(C)N(O)C(C)(C)C1.COCCCOC1CC(C)(C)N(O)C(C)(C)C1. The number of unbranched alkanes of at least 4 members (excludes halogenated alkanes) is 5. The molecule has 0 saturated carbocycles. The summed E-state index contributed by atoms with van der Waals surface area (Å²) in [7, 11) is 1.70. The van der Waals surface area contributed by atoms with Crippen LogP contribution in [0.4, 0.5) is 0 Å². The van der Waals surface area contributed by atoms with Gasteiger partial charge in [-0.2, -0.15) is 20.3 Å². The smallest absolute Gasteiger partial charge is 0.323 e. The first-order chi connectivity index (χ1) is 41.7. The Morgan fingerprint density at radius 2 is 0.667 bits per heavy atom. The van der Waals surface area contributed by atoms with Crippen molar-refractivity contribution in [1.82, 2.24) is 20.3 Å². The van der Waals surface area contributed by atoms with Gasteiger partial charge < -0.3 is 63.5 Å². The maximum atomic E-state index is 14.0. The second-order valence-corrected chi connectivity index (χ2v) is 32.0. The molecule has 4 aliphatic heterocycles. The predicted octanol–water partition coefficient (Wildman–Crippen LogP) is 14.0. The van der Waals surface area contributed by atoms with Crippen molar-refractivity contribution >= 4 is 24.7 Å². The minimum absolute atomic E-state index is 0.0248. The molecule has 0 aromatic rings. The summed E-state index contributed by atoms with van der Waals surface area (Å²) in [5.74, 6) is -1.04. The molecule has 90 heavy (non-hydrogen) atoms. The topological polar surface area (TPSA) is 236 Å². The van der Waals surface area contributed by atoms with Crippen LogP contribution in [0.5, 0.6) is 0 Å². The lowest BCUT2D eigenvalue weighted by molar-refractivity contribution is -0.261. The molecule has 1 unspecified atom stereocenters. The molecule has 0 aromatic carbocycles. The van der Waals surface area contributed by atoms with Gasteiger partial charge in [0.25, 0.3) is 6.47 Å². The van der Waals surface area contributed by atoms with Gasteiger partial charge in [-0.15, -0.1) is 0 Å². The third-order valence-corrected chi connectivity index (χ3v) is 19.1. The summed E-state index contributed by atoms with van der Waals surface area (Å²) in [4.78, 5) is 49.9. The van der Waals surface area contributed by atoms with Crippen molar-refractivity contribution in [3.05, 3.63) is 0 Å². The molecule has 0 bridgehead atoms. The summed E-state index contributed by atoms with van der Waals surface area (Å²) in [6.07, 6.45) is 19.6. The number of hydrogen-bond acceptors (Lipinski definition) is 20. The molecular formula is C70H134N4O16. The van der Waals surface area contributed by atoms with E-state index in [0.29, 0.717) is 104 Å². The Morgan fingerprint density at radius 1 is 0.400 bits per heavy atom. The number of rotatable bonds is 37. The summed E-state index contributed by atoms with van der Waals surface area (Å²) in [6.45, 7) is 42.6. The predicted molar refractivity (Wildman–Crippen MR) is 351 cm³/mol. The van der Waals surface area contributed by atoms with Gasteiger partial charge in [0, 0.05) is 89.3 Å². The lowest BCUT2D eigenvalue weighted by Crippen LogP contribution is -2.60. The molecule has 4 aliphatic rings. The molecule has 0 spiro atoms. The van der Waals surface area contributed by atoms with Crippen molar-refractivity contribution in [1.29, 1.82) is 0 Å². The third-order valence-electron chi connectivity index (χ3n) is 19.1. The molecule has 0 radical (unpaired) electrons. The van der Waals surface area contributed by atoms with Crippen molar-refractivity contribution in [2.24, 2.45) is 10.8 Å². The van der Waals surface area contributed by atoms with Crippen LogP contribution >= 0.6 is 0 Å². The Kier molecular flexibility index (Phi) is 35.1. The zero-order valence-corrected chi connectivity index (χ0v) is 60.6. The summed E-state index contributed by atoms with van der Waals surface area (Å²) in [5, 5.41) is 47.4. The van der Waals surface area contributed by atoms with Crippen molar-refractivity contribution < 1.29 is 77.9 Å². The maximum absolute atomic E-state index is 14.0. The van der Waals surface area contributed by atoms with E-state index in [1.165, 1.54) is 20.3 Å². The molecule has 4 N–H and O–H groups in total. The summed E-state index contributed by atoms with van der Waals surface area (Å²) < 4.78 is 45.5. The van der Waals surface area contributed by atoms with E-state index in [-0.39, 0.29) is 65.2 Å². The van der Waals surface area contributed by atoms with Crippen molar-refractivity contribution in [3.63, 3.8) is 0 Å². The van der Waals surface area contributed by atoms with Crippen LogP contribution in [0.1, 0.15) is 286 Å². The van der Waals surface area contributed by atoms with E-state index in [1.54, 1.807) is 7.11 Å². The van der Waals surface area contributed by atoms with Gasteiger partial charge in [0.15, 0.2) is 5.41 Å². The first-order valence-corrected chi connectivity index (χ1v) is 34.5. The first kappa shape index (κ1) is 83.6. The number of hydroxylamine groups is 8. The molecule has 4 saturated heterocycles. The fourth-order valence-electron chi connectivity index (χ4n) is 14.5. The molecule has 530 valence electrons. The molecule has 4 heterocycles. The van der Waals surface area contributed by atoms with Gasteiger partial charge in [-0.1, -0.05) is 72.1 Å². The monoisotopic (exact) mass is 1290 g/mol. The summed E-state index contributed by atoms with van der Waals surface area (Å²) in [5.41, 5.74) is -4.39. The van der Waals surface area contributed by atoms with Crippen LogP contribution in [-0.2, 0) is 57.1 Å². The zero-order valence-electron chi connectivity index (χ0n) is 60.6. The third kappa shape index (κ3) is 27.0. The minimum Gasteiger partial charge on any atom is -0.468 e. The van der Waals surface area contributed by atoms with E-state index in [1.807, 2.05) is 96.9 Å². The molecule has 0 amide bonds. The zero-order chi connectivity index (χ0) is 68.5. The molecule has 4 fully saturated rings. The van der Waals surface area contributed by atoms with Gasteiger partial charge in [-0.25, -0.2) is 0 Å². The molecule has 1 atom stereocenters. The highest BCUT2D eigenvalue weighted by molar-refractivity contribution is 6.00. The van der Waals surface area contributed by atoms with Crippen LogP contribution in [0, 0.1) is 10.8 Å².